The molecule has 0 N–H and O–H groups in total. The van der Waals surface area contributed by atoms with E-state index in [2.05, 4.69) is 50.8 Å². The molecule has 1 fully saturated rings. The monoisotopic (exact) mass is 313 g/mol. The van der Waals surface area contributed by atoms with Crippen molar-refractivity contribution in [3.63, 3.8) is 0 Å². The van der Waals surface area contributed by atoms with Crippen LogP contribution in [-0.2, 0) is 15.9 Å². The minimum atomic E-state index is -0.376. The van der Waals surface area contributed by atoms with Crippen LogP contribution in [0.25, 0.3) is 0 Å². The third-order valence-electron chi connectivity index (χ3n) is 4.79. The minimum absolute atomic E-state index is 0.343. The van der Waals surface area contributed by atoms with Crippen molar-refractivity contribution in [1.82, 2.24) is 14.8 Å². The average molecular weight is 313 g/mol. The van der Waals surface area contributed by atoms with Crippen molar-refractivity contribution in [3.8, 4) is 0 Å². The fraction of sp³-hybridized carbons (Fsp3) is 0.529. The van der Waals surface area contributed by atoms with Crippen LogP contribution in [-0.4, -0.2) is 33.1 Å². The summed E-state index contributed by atoms with van der Waals surface area (Å²) in [6.45, 7) is 12.9. The van der Waals surface area contributed by atoms with Crippen molar-refractivity contribution in [2.75, 3.05) is 0 Å². The van der Waals surface area contributed by atoms with Crippen molar-refractivity contribution < 1.29 is 9.31 Å². The highest BCUT2D eigenvalue weighted by molar-refractivity contribution is 6.62. The molecule has 0 bridgehead atoms. The molecule has 0 aromatic carbocycles. The lowest BCUT2D eigenvalue weighted by atomic mass is 9.79. The van der Waals surface area contributed by atoms with Crippen LogP contribution in [0.4, 0.5) is 0 Å². The quantitative estimate of drug-likeness (QED) is 0.816. The summed E-state index contributed by atoms with van der Waals surface area (Å²) >= 11 is 0. The van der Waals surface area contributed by atoms with Gasteiger partial charge in [0.1, 0.15) is 0 Å². The van der Waals surface area contributed by atoms with Crippen LogP contribution < -0.4 is 5.46 Å². The topological polar surface area (TPSA) is 49.2 Å². The standard InChI is InChI=1S/C17H24BN3O2/c1-12-7-8-19-14(9-12)10-21-11-15(13(2)20-21)18-22-16(3,4)17(5,6)23-18/h7-9,11H,10H2,1-6H3. The Bertz CT molecular complexity index is 708. The molecule has 0 spiro atoms. The highest BCUT2D eigenvalue weighted by Crippen LogP contribution is 2.36. The largest absolute Gasteiger partial charge is 0.498 e. The summed E-state index contributed by atoms with van der Waals surface area (Å²) in [4.78, 5) is 4.39. The van der Waals surface area contributed by atoms with E-state index in [1.54, 1.807) is 0 Å². The van der Waals surface area contributed by atoms with Crippen LogP contribution in [0.1, 0.15) is 44.6 Å². The van der Waals surface area contributed by atoms with E-state index in [9.17, 15) is 0 Å². The fourth-order valence-electron chi connectivity index (χ4n) is 2.67. The van der Waals surface area contributed by atoms with Gasteiger partial charge in [-0.2, -0.15) is 5.10 Å². The molecule has 0 radical (unpaired) electrons. The molecule has 0 aliphatic carbocycles. The van der Waals surface area contributed by atoms with E-state index in [0.29, 0.717) is 6.54 Å². The van der Waals surface area contributed by atoms with Gasteiger partial charge < -0.3 is 9.31 Å². The Kier molecular flexibility index (Phi) is 3.85. The Morgan fingerprint density at radius 3 is 2.39 bits per heavy atom. The molecule has 3 rings (SSSR count). The van der Waals surface area contributed by atoms with Gasteiger partial charge in [0, 0.05) is 17.9 Å². The van der Waals surface area contributed by atoms with Crippen LogP contribution in [0.15, 0.2) is 24.5 Å². The van der Waals surface area contributed by atoms with Crippen molar-refractivity contribution in [2.24, 2.45) is 0 Å². The van der Waals surface area contributed by atoms with Crippen LogP contribution in [0.5, 0.6) is 0 Å². The maximum atomic E-state index is 6.12. The predicted molar refractivity (Wildman–Crippen MR) is 90.8 cm³/mol. The van der Waals surface area contributed by atoms with E-state index >= 15 is 0 Å². The van der Waals surface area contributed by atoms with Crippen LogP contribution in [0.3, 0.4) is 0 Å². The van der Waals surface area contributed by atoms with Gasteiger partial charge in [-0.05, 0) is 59.2 Å². The summed E-state index contributed by atoms with van der Waals surface area (Å²) in [5.74, 6) is 0. The Hall–Kier alpha value is -1.66. The highest BCUT2D eigenvalue weighted by Gasteiger charge is 2.52. The molecule has 3 heterocycles. The molecule has 122 valence electrons. The zero-order valence-electron chi connectivity index (χ0n) is 14.8. The summed E-state index contributed by atoms with van der Waals surface area (Å²) in [5, 5.41) is 4.59. The zero-order valence-corrected chi connectivity index (χ0v) is 14.8. The van der Waals surface area contributed by atoms with Gasteiger partial charge >= 0.3 is 7.12 Å². The lowest BCUT2D eigenvalue weighted by molar-refractivity contribution is 0.00578. The van der Waals surface area contributed by atoms with E-state index in [1.165, 1.54) is 5.56 Å². The summed E-state index contributed by atoms with van der Waals surface area (Å²) in [6, 6.07) is 4.07. The number of hydrogen-bond donors (Lipinski definition) is 0. The maximum absolute atomic E-state index is 6.12. The first kappa shape index (κ1) is 16.2. The molecule has 1 aliphatic heterocycles. The van der Waals surface area contributed by atoms with Crippen LogP contribution in [0, 0.1) is 13.8 Å². The molecule has 0 unspecified atom stereocenters. The van der Waals surface area contributed by atoms with Gasteiger partial charge in [0.25, 0.3) is 0 Å². The van der Waals surface area contributed by atoms with E-state index in [1.807, 2.05) is 30.1 Å². The molecule has 0 atom stereocenters. The predicted octanol–water partition coefficient (Wildman–Crippen LogP) is 2.24. The molecular formula is C17H24BN3O2. The second kappa shape index (κ2) is 5.46. The number of hydrogen-bond acceptors (Lipinski definition) is 4. The van der Waals surface area contributed by atoms with Gasteiger partial charge in [-0.3, -0.25) is 9.67 Å². The number of aromatic nitrogens is 3. The molecule has 1 saturated heterocycles. The average Bonchev–Trinajstić information content (AvgIpc) is 2.87. The van der Waals surface area contributed by atoms with Gasteiger partial charge in [-0.25, -0.2) is 0 Å². The first-order valence-electron chi connectivity index (χ1n) is 7.99. The lowest BCUT2D eigenvalue weighted by Crippen LogP contribution is -2.41. The Labute approximate surface area is 138 Å². The number of pyridine rings is 1. The van der Waals surface area contributed by atoms with Gasteiger partial charge in [0.05, 0.1) is 29.1 Å². The smallest absolute Gasteiger partial charge is 0.399 e. The molecule has 2 aromatic heterocycles. The second-order valence-electron chi connectivity index (χ2n) is 7.28. The Morgan fingerprint density at radius 2 is 1.78 bits per heavy atom. The Morgan fingerprint density at radius 1 is 1.13 bits per heavy atom. The SMILES string of the molecule is Cc1ccnc(Cn2cc(B3OC(C)(C)C(C)(C)O3)c(C)n2)c1. The molecule has 1 aliphatic rings. The van der Waals surface area contributed by atoms with Gasteiger partial charge in [-0.1, -0.05) is 0 Å². The molecule has 0 amide bonds. The van der Waals surface area contributed by atoms with Crippen molar-refractivity contribution in [2.45, 2.75) is 59.3 Å². The van der Waals surface area contributed by atoms with Crippen molar-refractivity contribution in [1.29, 1.82) is 0 Å². The summed E-state index contributed by atoms with van der Waals surface area (Å²) in [5.41, 5.74) is 3.42. The van der Waals surface area contributed by atoms with Crippen LogP contribution in [0.2, 0.25) is 0 Å². The van der Waals surface area contributed by atoms with Crippen molar-refractivity contribution in [3.05, 3.63) is 41.5 Å². The molecule has 23 heavy (non-hydrogen) atoms. The van der Waals surface area contributed by atoms with E-state index in [4.69, 9.17) is 9.31 Å². The normalized spacial score (nSPS) is 19.3. The molecular weight excluding hydrogens is 289 g/mol. The third kappa shape index (κ3) is 3.05. The summed E-state index contributed by atoms with van der Waals surface area (Å²) in [7, 11) is -0.376. The second-order valence-corrected chi connectivity index (χ2v) is 7.28. The number of rotatable bonds is 3. The fourth-order valence-corrected chi connectivity index (χ4v) is 2.67. The number of nitrogens with zero attached hydrogens (tertiary/aromatic N) is 3. The van der Waals surface area contributed by atoms with Gasteiger partial charge in [-0.15, -0.1) is 0 Å². The van der Waals surface area contributed by atoms with Gasteiger partial charge in [0.15, 0.2) is 0 Å². The molecule has 5 nitrogen and oxygen atoms in total. The molecule has 0 saturated carbocycles. The summed E-state index contributed by atoms with van der Waals surface area (Å²) < 4.78 is 14.1. The van der Waals surface area contributed by atoms with Gasteiger partial charge in [0.2, 0.25) is 0 Å². The third-order valence-corrected chi connectivity index (χ3v) is 4.79. The zero-order chi connectivity index (χ0) is 16.8. The van der Waals surface area contributed by atoms with E-state index < -0.39 is 0 Å². The lowest BCUT2D eigenvalue weighted by Gasteiger charge is -2.32. The summed E-state index contributed by atoms with van der Waals surface area (Å²) in [6.07, 6.45) is 3.83. The first-order valence-corrected chi connectivity index (χ1v) is 7.99. The minimum Gasteiger partial charge on any atom is -0.399 e. The van der Waals surface area contributed by atoms with Crippen LogP contribution >= 0.6 is 0 Å². The first-order chi connectivity index (χ1) is 10.7. The molecule has 6 heteroatoms. The maximum Gasteiger partial charge on any atom is 0.498 e. The Balaban J connectivity index is 1.82. The van der Waals surface area contributed by atoms with Crippen molar-refractivity contribution >= 4 is 12.6 Å². The van der Waals surface area contributed by atoms with E-state index in [-0.39, 0.29) is 18.3 Å². The number of aryl methyl sites for hydroxylation is 2. The molecule has 2 aromatic rings. The highest BCUT2D eigenvalue weighted by atomic mass is 16.7. The van der Waals surface area contributed by atoms with E-state index in [0.717, 1.165) is 16.9 Å².